The van der Waals surface area contributed by atoms with Crippen molar-refractivity contribution in [2.75, 3.05) is 25.0 Å². The van der Waals surface area contributed by atoms with E-state index in [1.54, 1.807) is 48.2 Å². The standard InChI is InChI=1S/C22H20ClN3O4/c1-3-26-10-11-29-18-9-8-14(12-16(18)22(26)28)24-21(27)19-13(2)30-25-20(19)15-6-4-5-7-17(15)23/h4-9,12H,3,10-11H2,1-2H3,(H,24,27). The molecule has 0 radical (unpaired) electrons. The monoisotopic (exact) mass is 425 g/mol. The number of carbonyl (C=O) groups is 2. The van der Waals surface area contributed by atoms with Crippen molar-refractivity contribution in [3.05, 3.63) is 64.4 Å². The van der Waals surface area contributed by atoms with Crippen LogP contribution in [0.3, 0.4) is 0 Å². The van der Waals surface area contributed by atoms with Crippen LogP contribution in [0.15, 0.2) is 47.0 Å². The van der Waals surface area contributed by atoms with Crippen LogP contribution in [0.2, 0.25) is 5.02 Å². The highest BCUT2D eigenvalue weighted by atomic mass is 35.5. The lowest BCUT2D eigenvalue weighted by atomic mass is 10.1. The molecule has 2 heterocycles. The molecule has 1 N–H and O–H groups in total. The molecular formula is C22H20ClN3O4. The van der Waals surface area contributed by atoms with Gasteiger partial charge in [0.1, 0.15) is 29.4 Å². The molecule has 154 valence electrons. The molecule has 7 nitrogen and oxygen atoms in total. The Morgan fingerprint density at radius 3 is 2.80 bits per heavy atom. The van der Waals surface area contributed by atoms with E-state index in [1.165, 1.54) is 0 Å². The minimum atomic E-state index is -0.405. The number of aryl methyl sites for hydroxylation is 1. The lowest BCUT2D eigenvalue weighted by molar-refractivity contribution is 0.0764. The summed E-state index contributed by atoms with van der Waals surface area (Å²) in [5, 5.41) is 7.32. The molecule has 3 aromatic rings. The van der Waals surface area contributed by atoms with Crippen molar-refractivity contribution in [2.24, 2.45) is 0 Å². The van der Waals surface area contributed by atoms with Crippen molar-refractivity contribution < 1.29 is 18.8 Å². The fraction of sp³-hybridized carbons (Fsp3) is 0.227. The molecule has 0 spiro atoms. The molecule has 1 aliphatic rings. The number of nitrogens with zero attached hydrogens (tertiary/aromatic N) is 2. The number of carbonyl (C=O) groups excluding carboxylic acids is 2. The third-order valence-electron chi connectivity index (χ3n) is 4.97. The van der Waals surface area contributed by atoms with Crippen molar-refractivity contribution in [1.82, 2.24) is 10.1 Å². The molecule has 0 saturated carbocycles. The summed E-state index contributed by atoms with van der Waals surface area (Å²) in [4.78, 5) is 27.5. The van der Waals surface area contributed by atoms with E-state index in [0.717, 1.165) is 0 Å². The van der Waals surface area contributed by atoms with Gasteiger partial charge in [-0.15, -0.1) is 0 Å². The summed E-state index contributed by atoms with van der Waals surface area (Å²) in [5.74, 6) is 0.345. The summed E-state index contributed by atoms with van der Waals surface area (Å²) < 4.78 is 10.9. The Kier molecular flexibility index (Phi) is 5.46. The Bertz CT molecular complexity index is 1130. The van der Waals surface area contributed by atoms with E-state index in [-0.39, 0.29) is 11.5 Å². The number of nitrogens with one attached hydrogen (secondary N) is 1. The number of rotatable bonds is 4. The Morgan fingerprint density at radius 2 is 2.03 bits per heavy atom. The fourth-order valence-corrected chi connectivity index (χ4v) is 3.64. The predicted octanol–water partition coefficient (Wildman–Crippen LogP) is 4.41. The second kappa shape index (κ2) is 8.20. The average molecular weight is 426 g/mol. The van der Waals surface area contributed by atoms with Gasteiger partial charge in [0, 0.05) is 17.8 Å². The molecule has 1 aliphatic heterocycles. The lowest BCUT2D eigenvalue weighted by Crippen LogP contribution is -2.32. The van der Waals surface area contributed by atoms with Crippen molar-refractivity contribution in [2.45, 2.75) is 13.8 Å². The highest BCUT2D eigenvalue weighted by Crippen LogP contribution is 2.32. The van der Waals surface area contributed by atoms with Crippen LogP contribution in [0.25, 0.3) is 11.3 Å². The minimum absolute atomic E-state index is 0.126. The minimum Gasteiger partial charge on any atom is -0.491 e. The zero-order valence-corrected chi connectivity index (χ0v) is 17.3. The predicted molar refractivity (Wildman–Crippen MR) is 113 cm³/mol. The third-order valence-corrected chi connectivity index (χ3v) is 5.30. The number of amides is 2. The number of ether oxygens (including phenoxy) is 1. The number of anilines is 1. The maximum Gasteiger partial charge on any atom is 0.261 e. The van der Waals surface area contributed by atoms with E-state index < -0.39 is 5.91 Å². The Morgan fingerprint density at radius 1 is 1.23 bits per heavy atom. The van der Waals surface area contributed by atoms with Gasteiger partial charge in [-0.25, -0.2) is 0 Å². The molecule has 2 amide bonds. The van der Waals surface area contributed by atoms with Crippen LogP contribution in [0, 0.1) is 6.92 Å². The quantitative estimate of drug-likeness (QED) is 0.669. The molecule has 30 heavy (non-hydrogen) atoms. The zero-order valence-electron chi connectivity index (χ0n) is 16.6. The summed E-state index contributed by atoms with van der Waals surface area (Å²) in [6.45, 7) is 5.11. The summed E-state index contributed by atoms with van der Waals surface area (Å²) in [6, 6.07) is 12.1. The molecule has 1 aromatic heterocycles. The van der Waals surface area contributed by atoms with E-state index in [2.05, 4.69) is 10.5 Å². The van der Waals surface area contributed by atoms with Crippen LogP contribution < -0.4 is 10.1 Å². The van der Waals surface area contributed by atoms with Gasteiger partial charge in [-0.3, -0.25) is 9.59 Å². The van der Waals surface area contributed by atoms with Gasteiger partial charge < -0.3 is 19.5 Å². The third kappa shape index (κ3) is 3.64. The number of benzene rings is 2. The Balaban J connectivity index is 1.66. The van der Waals surface area contributed by atoms with Crippen LogP contribution in [0.5, 0.6) is 5.75 Å². The van der Waals surface area contributed by atoms with Gasteiger partial charge in [-0.2, -0.15) is 0 Å². The van der Waals surface area contributed by atoms with Gasteiger partial charge in [0.25, 0.3) is 11.8 Å². The molecule has 8 heteroatoms. The zero-order chi connectivity index (χ0) is 21.3. The highest BCUT2D eigenvalue weighted by Gasteiger charge is 2.25. The first-order valence-corrected chi connectivity index (χ1v) is 9.96. The molecule has 4 rings (SSSR count). The number of fused-ring (bicyclic) bond motifs is 1. The van der Waals surface area contributed by atoms with Crippen LogP contribution in [0.4, 0.5) is 5.69 Å². The van der Waals surface area contributed by atoms with Crippen LogP contribution >= 0.6 is 11.6 Å². The summed E-state index contributed by atoms with van der Waals surface area (Å²) in [6.07, 6.45) is 0. The Hall–Kier alpha value is -3.32. The van der Waals surface area contributed by atoms with Gasteiger partial charge in [0.05, 0.1) is 17.1 Å². The number of aromatic nitrogens is 1. The van der Waals surface area contributed by atoms with Crippen LogP contribution in [-0.4, -0.2) is 41.6 Å². The highest BCUT2D eigenvalue weighted by molar-refractivity contribution is 6.33. The molecule has 2 aromatic carbocycles. The van der Waals surface area contributed by atoms with E-state index in [4.69, 9.17) is 20.9 Å². The first-order valence-electron chi connectivity index (χ1n) is 9.58. The molecule has 0 aliphatic carbocycles. The fourth-order valence-electron chi connectivity index (χ4n) is 3.41. The van der Waals surface area contributed by atoms with E-state index in [9.17, 15) is 9.59 Å². The van der Waals surface area contributed by atoms with Gasteiger partial charge in [-0.05, 0) is 38.1 Å². The van der Waals surface area contributed by atoms with Gasteiger partial charge in [-0.1, -0.05) is 35.0 Å². The van der Waals surface area contributed by atoms with Crippen molar-refractivity contribution in [1.29, 1.82) is 0 Å². The maximum atomic E-state index is 13.1. The van der Waals surface area contributed by atoms with E-state index in [1.807, 2.05) is 13.0 Å². The second-order valence-electron chi connectivity index (χ2n) is 6.84. The van der Waals surface area contributed by atoms with Crippen LogP contribution in [-0.2, 0) is 0 Å². The molecule has 0 saturated heterocycles. The topological polar surface area (TPSA) is 84.7 Å². The molecular weight excluding hydrogens is 406 g/mol. The molecule has 0 fully saturated rings. The molecule has 0 unspecified atom stereocenters. The lowest BCUT2D eigenvalue weighted by Gasteiger charge is -2.17. The second-order valence-corrected chi connectivity index (χ2v) is 7.25. The number of hydrogen-bond acceptors (Lipinski definition) is 5. The van der Waals surface area contributed by atoms with Gasteiger partial charge >= 0.3 is 0 Å². The van der Waals surface area contributed by atoms with Gasteiger partial charge in [0.2, 0.25) is 0 Å². The number of likely N-dealkylation sites (N-methyl/N-ethyl adjacent to an activating group) is 1. The SMILES string of the molecule is CCN1CCOc2ccc(NC(=O)c3c(-c4ccccc4Cl)noc3C)cc2C1=O. The number of halogens is 1. The largest absolute Gasteiger partial charge is 0.491 e. The van der Waals surface area contributed by atoms with E-state index in [0.29, 0.717) is 58.7 Å². The average Bonchev–Trinajstić information content (AvgIpc) is 3.05. The smallest absolute Gasteiger partial charge is 0.261 e. The Labute approximate surface area is 178 Å². The van der Waals surface area contributed by atoms with Crippen molar-refractivity contribution in [3.8, 4) is 17.0 Å². The number of hydrogen-bond donors (Lipinski definition) is 1. The first kappa shape index (κ1) is 20.0. The summed E-state index contributed by atoms with van der Waals surface area (Å²) in [5.41, 5.74) is 2.14. The van der Waals surface area contributed by atoms with Crippen LogP contribution in [0.1, 0.15) is 33.4 Å². The summed E-state index contributed by atoms with van der Waals surface area (Å²) >= 11 is 6.27. The van der Waals surface area contributed by atoms with Gasteiger partial charge in [0.15, 0.2) is 0 Å². The van der Waals surface area contributed by atoms with Crippen molar-refractivity contribution >= 4 is 29.1 Å². The van der Waals surface area contributed by atoms with E-state index >= 15 is 0 Å². The normalized spacial score (nSPS) is 13.4. The first-order chi connectivity index (χ1) is 14.5. The van der Waals surface area contributed by atoms with Crippen molar-refractivity contribution in [3.63, 3.8) is 0 Å². The maximum absolute atomic E-state index is 13.1. The molecule has 0 atom stereocenters. The summed E-state index contributed by atoms with van der Waals surface area (Å²) in [7, 11) is 0. The molecule has 0 bridgehead atoms.